The molecule has 16 heavy (non-hydrogen) atoms. The van der Waals surface area contributed by atoms with Gasteiger partial charge in [0, 0.05) is 12.1 Å². The number of hydrogen-bond donors (Lipinski definition) is 2. The molecule has 0 aliphatic rings. The van der Waals surface area contributed by atoms with Crippen LogP contribution in [0.2, 0.25) is 0 Å². The number of aromatic nitrogens is 4. The van der Waals surface area contributed by atoms with Gasteiger partial charge < -0.3 is 11.5 Å². The average molecular weight is 299 g/mol. The SMILES string of the molecule is Nc1cc(N)nc(Sc2cc(Br)ncn2)n1. The second-order valence-corrected chi connectivity index (χ2v) is 4.58. The van der Waals surface area contributed by atoms with Crippen LogP contribution in [0.5, 0.6) is 0 Å². The summed E-state index contributed by atoms with van der Waals surface area (Å²) in [5.74, 6) is 0.672. The topological polar surface area (TPSA) is 104 Å². The van der Waals surface area contributed by atoms with E-state index in [0.717, 1.165) is 0 Å². The third-order valence-corrected chi connectivity index (χ3v) is 2.78. The van der Waals surface area contributed by atoms with Crippen LogP contribution in [-0.4, -0.2) is 19.9 Å². The van der Waals surface area contributed by atoms with Gasteiger partial charge in [-0.1, -0.05) is 0 Å². The zero-order valence-corrected chi connectivity index (χ0v) is 10.4. The van der Waals surface area contributed by atoms with Crippen molar-refractivity contribution in [1.82, 2.24) is 19.9 Å². The van der Waals surface area contributed by atoms with Crippen LogP contribution in [0.3, 0.4) is 0 Å². The number of anilines is 2. The molecule has 0 aromatic carbocycles. The molecule has 6 nitrogen and oxygen atoms in total. The van der Waals surface area contributed by atoms with E-state index in [0.29, 0.717) is 26.4 Å². The first-order valence-corrected chi connectivity index (χ1v) is 5.80. The Bertz CT molecular complexity index is 499. The minimum Gasteiger partial charge on any atom is -0.383 e. The summed E-state index contributed by atoms with van der Waals surface area (Å²) in [7, 11) is 0. The molecule has 0 atom stereocenters. The number of nitrogen functional groups attached to an aromatic ring is 2. The van der Waals surface area contributed by atoms with E-state index in [1.165, 1.54) is 24.2 Å². The Labute approximate surface area is 104 Å². The van der Waals surface area contributed by atoms with Crippen molar-refractivity contribution < 1.29 is 0 Å². The van der Waals surface area contributed by atoms with Crippen LogP contribution in [0, 0.1) is 0 Å². The number of rotatable bonds is 2. The van der Waals surface area contributed by atoms with Crippen LogP contribution >= 0.6 is 27.7 Å². The van der Waals surface area contributed by atoms with Gasteiger partial charge in [-0.2, -0.15) is 0 Å². The van der Waals surface area contributed by atoms with Gasteiger partial charge in [0.15, 0.2) is 5.16 Å². The van der Waals surface area contributed by atoms with E-state index in [1.807, 2.05) is 0 Å². The monoisotopic (exact) mass is 298 g/mol. The Hall–Kier alpha value is -1.41. The van der Waals surface area contributed by atoms with Crippen LogP contribution in [0.25, 0.3) is 0 Å². The molecule has 2 rings (SSSR count). The summed E-state index contributed by atoms with van der Waals surface area (Å²) in [6.07, 6.45) is 1.45. The summed E-state index contributed by atoms with van der Waals surface area (Å²) in [6, 6.07) is 3.26. The number of nitrogens with zero attached hydrogens (tertiary/aromatic N) is 4. The van der Waals surface area contributed by atoms with Crippen LogP contribution in [0.15, 0.2) is 33.2 Å². The number of halogens is 1. The Balaban J connectivity index is 2.27. The molecule has 2 aromatic rings. The van der Waals surface area contributed by atoms with Crippen molar-refractivity contribution >= 4 is 39.3 Å². The standard InChI is InChI=1S/C8H7BrN6S/c9-4-1-7(13-3-12-4)16-8-14-5(10)2-6(11)15-8/h1-3H,(H4,10,11,14,15). The summed E-state index contributed by atoms with van der Waals surface area (Å²) >= 11 is 4.52. The normalized spacial score (nSPS) is 10.3. The molecule has 82 valence electrons. The van der Waals surface area contributed by atoms with E-state index in [4.69, 9.17) is 11.5 Å². The number of hydrogen-bond acceptors (Lipinski definition) is 7. The molecule has 0 fully saturated rings. The van der Waals surface area contributed by atoms with Gasteiger partial charge in [0.1, 0.15) is 27.6 Å². The highest BCUT2D eigenvalue weighted by Gasteiger charge is 2.05. The quantitative estimate of drug-likeness (QED) is 0.637. The second kappa shape index (κ2) is 4.62. The Morgan fingerprint density at radius 2 is 1.75 bits per heavy atom. The van der Waals surface area contributed by atoms with Crippen LogP contribution in [0.4, 0.5) is 11.6 Å². The maximum Gasteiger partial charge on any atom is 0.197 e. The molecule has 4 N–H and O–H groups in total. The van der Waals surface area contributed by atoms with Crippen molar-refractivity contribution in [3.8, 4) is 0 Å². The maximum atomic E-state index is 5.56. The highest BCUT2D eigenvalue weighted by Crippen LogP contribution is 2.25. The minimum atomic E-state index is 0.336. The summed E-state index contributed by atoms with van der Waals surface area (Å²) < 4.78 is 0.696. The lowest BCUT2D eigenvalue weighted by Gasteiger charge is -2.01. The molecule has 0 spiro atoms. The lowest BCUT2D eigenvalue weighted by atomic mass is 10.5. The zero-order valence-electron chi connectivity index (χ0n) is 7.96. The van der Waals surface area contributed by atoms with Gasteiger partial charge >= 0.3 is 0 Å². The van der Waals surface area contributed by atoms with E-state index >= 15 is 0 Å². The molecule has 0 amide bonds. The molecule has 0 aliphatic heterocycles. The molecule has 2 heterocycles. The van der Waals surface area contributed by atoms with Crippen LogP contribution < -0.4 is 11.5 Å². The zero-order chi connectivity index (χ0) is 11.5. The molecule has 0 radical (unpaired) electrons. The molecule has 0 aliphatic carbocycles. The fourth-order valence-electron chi connectivity index (χ4n) is 0.974. The first-order chi connectivity index (χ1) is 7.63. The highest BCUT2D eigenvalue weighted by molar-refractivity contribution is 9.10. The molecule has 2 aromatic heterocycles. The number of nitrogens with two attached hydrogens (primary N) is 2. The van der Waals surface area contributed by atoms with Crippen molar-refractivity contribution in [3.63, 3.8) is 0 Å². The molecule has 0 unspecified atom stereocenters. The highest BCUT2D eigenvalue weighted by atomic mass is 79.9. The van der Waals surface area contributed by atoms with Crippen LogP contribution in [0.1, 0.15) is 0 Å². The Kier molecular flexibility index (Phi) is 3.20. The largest absolute Gasteiger partial charge is 0.383 e. The predicted molar refractivity (Wildman–Crippen MR) is 64.7 cm³/mol. The fourth-order valence-corrected chi connectivity index (χ4v) is 2.19. The van der Waals surface area contributed by atoms with E-state index in [-0.39, 0.29) is 0 Å². The maximum absolute atomic E-state index is 5.56. The summed E-state index contributed by atoms with van der Waals surface area (Å²) in [6.45, 7) is 0. The van der Waals surface area contributed by atoms with Crippen molar-refractivity contribution in [2.45, 2.75) is 10.2 Å². The lowest BCUT2D eigenvalue weighted by molar-refractivity contribution is 0.966. The average Bonchev–Trinajstić information content (AvgIpc) is 2.15. The van der Waals surface area contributed by atoms with Crippen molar-refractivity contribution in [2.75, 3.05) is 11.5 Å². The van der Waals surface area contributed by atoms with Crippen molar-refractivity contribution in [2.24, 2.45) is 0 Å². The van der Waals surface area contributed by atoms with Gasteiger partial charge in [-0.05, 0) is 27.7 Å². The Morgan fingerprint density at radius 3 is 2.38 bits per heavy atom. The van der Waals surface area contributed by atoms with E-state index in [9.17, 15) is 0 Å². The first-order valence-electron chi connectivity index (χ1n) is 4.19. The summed E-state index contributed by atoms with van der Waals surface area (Å²) in [5.41, 5.74) is 11.1. The van der Waals surface area contributed by atoms with Crippen molar-refractivity contribution in [1.29, 1.82) is 0 Å². The molecule has 0 bridgehead atoms. The molecule has 0 saturated carbocycles. The predicted octanol–water partition coefficient (Wildman–Crippen LogP) is 1.34. The van der Waals surface area contributed by atoms with Gasteiger partial charge in [-0.15, -0.1) is 0 Å². The molecule has 8 heteroatoms. The Morgan fingerprint density at radius 1 is 1.06 bits per heavy atom. The molecular weight excluding hydrogens is 292 g/mol. The van der Waals surface area contributed by atoms with E-state index in [2.05, 4.69) is 35.9 Å². The van der Waals surface area contributed by atoms with Crippen LogP contribution in [-0.2, 0) is 0 Å². The van der Waals surface area contributed by atoms with Gasteiger partial charge in [-0.3, -0.25) is 0 Å². The van der Waals surface area contributed by atoms with Gasteiger partial charge in [0.25, 0.3) is 0 Å². The third-order valence-electron chi connectivity index (χ3n) is 1.55. The van der Waals surface area contributed by atoms with Gasteiger partial charge in [0.05, 0.1) is 0 Å². The third kappa shape index (κ3) is 2.80. The van der Waals surface area contributed by atoms with Gasteiger partial charge in [-0.25, -0.2) is 19.9 Å². The van der Waals surface area contributed by atoms with Gasteiger partial charge in [0.2, 0.25) is 0 Å². The second-order valence-electron chi connectivity index (χ2n) is 2.78. The smallest absolute Gasteiger partial charge is 0.197 e. The molecule has 0 saturated heterocycles. The van der Waals surface area contributed by atoms with E-state index < -0.39 is 0 Å². The fraction of sp³-hybridized carbons (Fsp3) is 0. The summed E-state index contributed by atoms with van der Waals surface area (Å²) in [4.78, 5) is 16.0. The lowest BCUT2D eigenvalue weighted by Crippen LogP contribution is -1.99. The first kappa shape index (κ1) is 11.1. The van der Waals surface area contributed by atoms with Crippen molar-refractivity contribution in [3.05, 3.63) is 23.1 Å². The molecular formula is C8H7BrN6S. The van der Waals surface area contributed by atoms with E-state index in [1.54, 1.807) is 6.07 Å². The summed E-state index contributed by atoms with van der Waals surface area (Å²) in [5, 5.41) is 1.18. The minimum absolute atomic E-state index is 0.336.